The van der Waals surface area contributed by atoms with Crippen LogP contribution < -0.4 is 0 Å². The predicted molar refractivity (Wildman–Crippen MR) is 67.8 cm³/mol. The van der Waals surface area contributed by atoms with Crippen molar-refractivity contribution in [1.29, 1.82) is 0 Å². The fraction of sp³-hybridized carbons (Fsp3) is 0.846. The summed E-state index contributed by atoms with van der Waals surface area (Å²) < 4.78 is 0. The summed E-state index contributed by atoms with van der Waals surface area (Å²) in [4.78, 5) is 27.1. The summed E-state index contributed by atoms with van der Waals surface area (Å²) in [7, 11) is 2.00. The van der Waals surface area contributed by atoms with E-state index in [1.54, 1.807) is 0 Å². The molecule has 0 aromatic rings. The summed E-state index contributed by atoms with van der Waals surface area (Å²) in [5.74, 6) is 0.439. The number of piperidine rings is 1. The number of carbonyl (C=O) groups excluding carboxylic acids is 2. The maximum absolute atomic E-state index is 12.0. The third kappa shape index (κ3) is 4.11. The number of Topliss-reactive ketones (excluding diaryl/α,β-unsaturated/α-hetero) is 1. The first-order valence-electron chi connectivity index (χ1n) is 6.58. The van der Waals surface area contributed by atoms with Crippen molar-refractivity contribution in [3.8, 4) is 0 Å². The molecule has 0 saturated carbocycles. The minimum absolute atomic E-state index is 0.159. The third-order valence-corrected chi connectivity index (χ3v) is 3.62. The number of carbonyl (C=O) groups is 2. The van der Waals surface area contributed by atoms with Crippen molar-refractivity contribution in [2.75, 3.05) is 26.7 Å². The van der Waals surface area contributed by atoms with Crippen molar-refractivity contribution in [1.82, 2.24) is 9.80 Å². The first kappa shape index (κ1) is 14.2. The van der Waals surface area contributed by atoms with Crippen LogP contribution in [0, 0.1) is 0 Å². The molecule has 1 aliphatic rings. The summed E-state index contributed by atoms with van der Waals surface area (Å²) in [6, 6.07) is 0.477. The van der Waals surface area contributed by atoms with Gasteiger partial charge in [0.05, 0.1) is 6.54 Å². The molecular weight excluding hydrogens is 216 g/mol. The number of ketones is 1. The zero-order valence-electron chi connectivity index (χ0n) is 11.2. The van der Waals surface area contributed by atoms with Crippen LogP contribution in [0.3, 0.4) is 0 Å². The molecule has 1 rings (SSSR count). The average Bonchev–Trinajstić information content (AvgIpc) is 2.31. The van der Waals surface area contributed by atoms with E-state index in [1.165, 1.54) is 0 Å². The van der Waals surface area contributed by atoms with Gasteiger partial charge in [-0.2, -0.15) is 0 Å². The Labute approximate surface area is 104 Å². The van der Waals surface area contributed by atoms with Gasteiger partial charge in [0, 0.05) is 32.0 Å². The number of nitrogens with zero attached hydrogens (tertiary/aromatic N) is 2. The highest BCUT2D eigenvalue weighted by molar-refractivity contribution is 5.84. The van der Waals surface area contributed by atoms with E-state index in [4.69, 9.17) is 0 Å². The Bertz CT molecular complexity index is 265. The summed E-state index contributed by atoms with van der Waals surface area (Å²) in [6.07, 6.45) is 3.19. The first-order valence-corrected chi connectivity index (χ1v) is 6.58. The monoisotopic (exact) mass is 240 g/mol. The molecular formula is C13H24N2O2. The Balaban J connectivity index is 2.40. The average molecular weight is 240 g/mol. The molecule has 0 radical (unpaired) electrons. The fourth-order valence-corrected chi connectivity index (χ4v) is 2.36. The van der Waals surface area contributed by atoms with Crippen molar-refractivity contribution in [2.24, 2.45) is 0 Å². The van der Waals surface area contributed by atoms with E-state index in [1.807, 2.05) is 11.9 Å². The Morgan fingerprint density at radius 3 is 2.29 bits per heavy atom. The van der Waals surface area contributed by atoms with Crippen LogP contribution in [0.2, 0.25) is 0 Å². The van der Waals surface area contributed by atoms with Crippen LogP contribution in [0.15, 0.2) is 0 Å². The van der Waals surface area contributed by atoms with E-state index in [0.29, 0.717) is 38.5 Å². The normalized spacial score (nSPS) is 17.0. The SMILES string of the molecule is CCC(CC)N(C)CC(=O)N1CCC(=O)CC1. The molecule has 0 aromatic heterocycles. The lowest BCUT2D eigenvalue weighted by atomic mass is 10.1. The second-order valence-electron chi connectivity index (χ2n) is 4.80. The lowest BCUT2D eigenvalue weighted by Crippen LogP contribution is -2.45. The van der Waals surface area contributed by atoms with Gasteiger partial charge in [0.1, 0.15) is 5.78 Å². The molecule has 4 heteroatoms. The fourth-order valence-electron chi connectivity index (χ4n) is 2.36. The molecule has 1 saturated heterocycles. The highest BCUT2D eigenvalue weighted by Gasteiger charge is 2.22. The van der Waals surface area contributed by atoms with E-state index >= 15 is 0 Å². The maximum atomic E-state index is 12.0. The van der Waals surface area contributed by atoms with Crippen LogP contribution in [0.25, 0.3) is 0 Å². The summed E-state index contributed by atoms with van der Waals surface area (Å²) in [5, 5.41) is 0. The number of rotatable bonds is 5. The highest BCUT2D eigenvalue weighted by Crippen LogP contribution is 2.09. The lowest BCUT2D eigenvalue weighted by Gasteiger charge is -2.31. The summed E-state index contributed by atoms with van der Waals surface area (Å²) >= 11 is 0. The van der Waals surface area contributed by atoms with Crippen LogP contribution in [-0.2, 0) is 9.59 Å². The molecule has 1 heterocycles. The van der Waals surface area contributed by atoms with E-state index in [-0.39, 0.29) is 11.7 Å². The standard InChI is InChI=1S/C13H24N2O2/c1-4-11(5-2)14(3)10-13(17)15-8-6-12(16)7-9-15/h11H,4-10H2,1-3H3. The quantitative estimate of drug-likeness (QED) is 0.727. The van der Waals surface area contributed by atoms with Crippen LogP contribution in [0.4, 0.5) is 0 Å². The van der Waals surface area contributed by atoms with Gasteiger partial charge in [-0.05, 0) is 19.9 Å². The van der Waals surface area contributed by atoms with E-state index in [9.17, 15) is 9.59 Å². The second kappa shape index (κ2) is 6.74. The van der Waals surface area contributed by atoms with Crippen LogP contribution >= 0.6 is 0 Å². The van der Waals surface area contributed by atoms with E-state index in [2.05, 4.69) is 18.7 Å². The Morgan fingerprint density at radius 1 is 1.29 bits per heavy atom. The number of hydrogen-bond donors (Lipinski definition) is 0. The van der Waals surface area contributed by atoms with Crippen LogP contribution in [-0.4, -0.2) is 54.2 Å². The van der Waals surface area contributed by atoms with Crippen molar-refractivity contribution < 1.29 is 9.59 Å². The third-order valence-electron chi connectivity index (χ3n) is 3.62. The van der Waals surface area contributed by atoms with Gasteiger partial charge in [-0.25, -0.2) is 0 Å². The van der Waals surface area contributed by atoms with Crippen molar-refractivity contribution in [3.05, 3.63) is 0 Å². The molecule has 1 amide bonds. The number of hydrogen-bond acceptors (Lipinski definition) is 3. The molecule has 0 atom stereocenters. The molecule has 0 aromatic carbocycles. The van der Waals surface area contributed by atoms with E-state index in [0.717, 1.165) is 12.8 Å². The minimum atomic E-state index is 0.159. The Kier molecular flexibility index (Phi) is 5.62. The van der Waals surface area contributed by atoms with Gasteiger partial charge in [0.2, 0.25) is 5.91 Å². The van der Waals surface area contributed by atoms with Gasteiger partial charge in [0.25, 0.3) is 0 Å². The predicted octanol–water partition coefficient (Wildman–Crippen LogP) is 1.30. The van der Waals surface area contributed by atoms with Gasteiger partial charge < -0.3 is 4.90 Å². The van der Waals surface area contributed by atoms with Crippen LogP contribution in [0.5, 0.6) is 0 Å². The molecule has 1 fully saturated rings. The second-order valence-corrected chi connectivity index (χ2v) is 4.80. The molecule has 0 bridgehead atoms. The lowest BCUT2D eigenvalue weighted by molar-refractivity contribution is -0.135. The largest absolute Gasteiger partial charge is 0.341 e. The first-order chi connectivity index (χ1) is 8.08. The van der Waals surface area contributed by atoms with Crippen molar-refractivity contribution in [3.63, 3.8) is 0 Å². The molecule has 98 valence electrons. The zero-order valence-corrected chi connectivity index (χ0v) is 11.2. The van der Waals surface area contributed by atoms with Crippen molar-refractivity contribution >= 4 is 11.7 Å². The van der Waals surface area contributed by atoms with Gasteiger partial charge in [0.15, 0.2) is 0 Å². The molecule has 0 spiro atoms. The van der Waals surface area contributed by atoms with Gasteiger partial charge >= 0.3 is 0 Å². The molecule has 4 nitrogen and oxygen atoms in total. The van der Waals surface area contributed by atoms with E-state index < -0.39 is 0 Å². The Morgan fingerprint density at radius 2 is 1.82 bits per heavy atom. The van der Waals surface area contributed by atoms with Crippen LogP contribution in [0.1, 0.15) is 39.5 Å². The topological polar surface area (TPSA) is 40.6 Å². The number of amides is 1. The molecule has 0 unspecified atom stereocenters. The van der Waals surface area contributed by atoms with Gasteiger partial charge in [-0.15, -0.1) is 0 Å². The van der Waals surface area contributed by atoms with Crippen molar-refractivity contribution in [2.45, 2.75) is 45.6 Å². The van der Waals surface area contributed by atoms with Gasteiger partial charge in [-0.3, -0.25) is 14.5 Å². The zero-order chi connectivity index (χ0) is 12.8. The number of likely N-dealkylation sites (tertiary alicyclic amines) is 1. The highest BCUT2D eigenvalue weighted by atomic mass is 16.2. The van der Waals surface area contributed by atoms with Gasteiger partial charge in [-0.1, -0.05) is 13.8 Å². The molecule has 0 aliphatic carbocycles. The maximum Gasteiger partial charge on any atom is 0.236 e. The smallest absolute Gasteiger partial charge is 0.236 e. The Hall–Kier alpha value is -0.900. The molecule has 0 N–H and O–H groups in total. The number of likely N-dealkylation sites (N-methyl/N-ethyl adjacent to an activating group) is 1. The molecule has 1 aliphatic heterocycles. The summed E-state index contributed by atoms with van der Waals surface area (Å²) in [6.45, 7) is 5.98. The molecule has 17 heavy (non-hydrogen) atoms. The minimum Gasteiger partial charge on any atom is -0.341 e. The summed E-state index contributed by atoms with van der Waals surface area (Å²) in [5.41, 5.74) is 0.